The van der Waals surface area contributed by atoms with Crippen LogP contribution in [0.2, 0.25) is 0 Å². The van der Waals surface area contributed by atoms with Crippen LogP contribution in [0.3, 0.4) is 0 Å². The second-order valence-electron chi connectivity index (χ2n) is 5.83. The van der Waals surface area contributed by atoms with Gasteiger partial charge in [-0.15, -0.1) is 0 Å². The summed E-state index contributed by atoms with van der Waals surface area (Å²) in [5.41, 5.74) is 0.672. The molecule has 1 N–H and O–H groups in total. The predicted octanol–water partition coefficient (Wildman–Crippen LogP) is 2.44. The van der Waals surface area contributed by atoms with E-state index in [2.05, 4.69) is 19.9 Å². The van der Waals surface area contributed by atoms with Crippen molar-refractivity contribution < 1.29 is 9.84 Å². The molecule has 0 spiro atoms. The van der Waals surface area contributed by atoms with E-state index < -0.39 is 5.79 Å². The second kappa shape index (κ2) is 4.05. The molecule has 2 rings (SSSR count). The zero-order chi connectivity index (χ0) is 12.2. The van der Waals surface area contributed by atoms with Gasteiger partial charge in [0.25, 0.3) is 0 Å². The van der Waals surface area contributed by atoms with E-state index in [9.17, 15) is 5.11 Å². The van der Waals surface area contributed by atoms with E-state index in [1.54, 1.807) is 6.92 Å². The van der Waals surface area contributed by atoms with Crippen LogP contribution in [0.25, 0.3) is 0 Å². The number of aliphatic hydroxyl groups is 1. The van der Waals surface area contributed by atoms with E-state index in [0.717, 1.165) is 11.3 Å². The van der Waals surface area contributed by atoms with Crippen molar-refractivity contribution in [2.24, 2.45) is 5.41 Å². The van der Waals surface area contributed by atoms with Crippen LogP contribution in [-0.2, 0) is 5.41 Å². The monoisotopic (exact) mass is 228 g/mol. The Morgan fingerprint density at radius 1 is 1.00 bits per heavy atom. The molecule has 90 valence electrons. The van der Waals surface area contributed by atoms with Crippen molar-refractivity contribution in [2.45, 2.75) is 45.8 Å². The molecule has 1 aliphatic rings. The molecule has 0 aliphatic carbocycles. The molecule has 0 aromatic heterocycles. The minimum atomic E-state index is -1.15. The molecule has 1 aliphatic heterocycles. The molecule has 0 saturated carbocycles. The molecule has 1 heterocycles. The molecule has 0 saturated heterocycles. The van der Waals surface area contributed by atoms with Crippen molar-refractivity contribution >= 4 is 18.9 Å². The van der Waals surface area contributed by atoms with E-state index in [-0.39, 0.29) is 29.7 Å². The molecule has 0 amide bonds. The molecule has 1 unspecified atom stereocenters. The third-order valence-corrected chi connectivity index (χ3v) is 4.59. The molecule has 1 aromatic carbocycles. The van der Waals surface area contributed by atoms with E-state index >= 15 is 0 Å². The van der Waals surface area contributed by atoms with Gasteiger partial charge in [0.05, 0.1) is 0 Å². The maximum atomic E-state index is 10.5. The summed E-state index contributed by atoms with van der Waals surface area (Å²) in [4.78, 5) is 0. The summed E-state index contributed by atoms with van der Waals surface area (Å²) in [6.45, 7) is 10.1. The summed E-state index contributed by atoms with van der Waals surface area (Å²) in [5, 5.41) is 10.5. The SMILES string of the molecule is CC1(O)Oc2ccccc2C(C)(C)C1(C)C.[LiH]. The van der Waals surface area contributed by atoms with Crippen molar-refractivity contribution in [3.8, 4) is 5.75 Å². The average molecular weight is 228 g/mol. The van der Waals surface area contributed by atoms with Crippen molar-refractivity contribution in [3.63, 3.8) is 0 Å². The first-order valence-electron chi connectivity index (χ1n) is 5.71. The molecule has 0 radical (unpaired) electrons. The molecule has 1 aromatic rings. The van der Waals surface area contributed by atoms with E-state index in [1.807, 2.05) is 32.0 Å². The van der Waals surface area contributed by atoms with Crippen molar-refractivity contribution in [2.75, 3.05) is 0 Å². The third kappa shape index (κ3) is 1.83. The van der Waals surface area contributed by atoms with Crippen LogP contribution < -0.4 is 4.74 Å². The van der Waals surface area contributed by atoms with E-state index in [1.165, 1.54) is 0 Å². The molecule has 3 heteroatoms. The Kier molecular flexibility index (Phi) is 3.49. The van der Waals surface area contributed by atoms with Gasteiger partial charge in [0.15, 0.2) is 0 Å². The van der Waals surface area contributed by atoms with Crippen LogP contribution in [0.1, 0.15) is 40.2 Å². The van der Waals surface area contributed by atoms with Crippen LogP contribution in [0, 0.1) is 5.41 Å². The van der Waals surface area contributed by atoms with Crippen molar-refractivity contribution in [3.05, 3.63) is 29.8 Å². The number of hydrogen-bond donors (Lipinski definition) is 1. The van der Waals surface area contributed by atoms with Gasteiger partial charge in [0.2, 0.25) is 5.79 Å². The van der Waals surface area contributed by atoms with E-state index in [0.29, 0.717) is 0 Å². The zero-order valence-corrected chi connectivity index (χ0v) is 10.7. The normalized spacial score (nSPS) is 28.6. The summed E-state index contributed by atoms with van der Waals surface area (Å²) < 4.78 is 5.73. The van der Waals surface area contributed by atoms with Gasteiger partial charge in [-0.25, -0.2) is 0 Å². The van der Waals surface area contributed by atoms with Gasteiger partial charge in [-0.3, -0.25) is 0 Å². The molecule has 1 atom stereocenters. The van der Waals surface area contributed by atoms with Crippen molar-refractivity contribution in [1.82, 2.24) is 0 Å². The number of ether oxygens (including phenoxy) is 1. The average Bonchev–Trinajstić information content (AvgIpc) is 2.15. The Morgan fingerprint density at radius 2 is 1.53 bits per heavy atom. The fraction of sp³-hybridized carbons (Fsp3) is 0.571. The van der Waals surface area contributed by atoms with Gasteiger partial charge < -0.3 is 9.84 Å². The number of hydrogen-bond acceptors (Lipinski definition) is 2. The summed E-state index contributed by atoms with van der Waals surface area (Å²) in [5.74, 6) is -0.359. The van der Waals surface area contributed by atoms with Crippen molar-refractivity contribution in [1.29, 1.82) is 0 Å². The quantitative estimate of drug-likeness (QED) is 0.691. The Bertz CT molecular complexity index is 422. The van der Waals surface area contributed by atoms with Crippen LogP contribution in [0.15, 0.2) is 24.3 Å². The number of para-hydroxylation sites is 1. The standard InChI is InChI=1S/C14H20O2.Li.H/c1-12(2)10-8-6-7-9-11(10)16-14(5,15)13(12,3)4;;/h6-9,15H,1-5H3;;. The van der Waals surface area contributed by atoms with Gasteiger partial charge in [-0.2, -0.15) is 0 Å². The Morgan fingerprint density at radius 3 is 2.12 bits per heavy atom. The fourth-order valence-electron chi connectivity index (χ4n) is 2.33. The third-order valence-electron chi connectivity index (χ3n) is 4.59. The fourth-order valence-corrected chi connectivity index (χ4v) is 2.33. The Balaban J connectivity index is 0.00000144. The van der Waals surface area contributed by atoms with Crippen LogP contribution in [0.4, 0.5) is 0 Å². The first-order chi connectivity index (χ1) is 7.20. The molecule has 2 nitrogen and oxygen atoms in total. The Labute approximate surface area is 116 Å². The molecular formula is C14H21LiO2. The van der Waals surface area contributed by atoms with E-state index in [4.69, 9.17) is 4.74 Å². The zero-order valence-electron chi connectivity index (χ0n) is 10.7. The van der Waals surface area contributed by atoms with Gasteiger partial charge >= 0.3 is 18.9 Å². The van der Waals surface area contributed by atoms with Gasteiger partial charge in [-0.1, -0.05) is 45.9 Å². The number of fused-ring (bicyclic) bond motifs is 1. The summed E-state index contributed by atoms with van der Waals surface area (Å²) in [6, 6.07) is 7.94. The topological polar surface area (TPSA) is 29.5 Å². The van der Waals surface area contributed by atoms with Crippen LogP contribution in [-0.4, -0.2) is 29.8 Å². The summed E-state index contributed by atoms with van der Waals surface area (Å²) >= 11 is 0. The first-order valence-corrected chi connectivity index (χ1v) is 5.71. The molecule has 0 bridgehead atoms. The van der Waals surface area contributed by atoms with Crippen LogP contribution >= 0.6 is 0 Å². The Hall–Kier alpha value is -0.423. The number of rotatable bonds is 0. The van der Waals surface area contributed by atoms with Gasteiger partial charge in [-0.05, 0) is 6.07 Å². The van der Waals surface area contributed by atoms with Crippen LogP contribution in [0.5, 0.6) is 5.75 Å². The van der Waals surface area contributed by atoms with Gasteiger partial charge in [0, 0.05) is 23.3 Å². The van der Waals surface area contributed by atoms with Gasteiger partial charge in [0.1, 0.15) is 5.75 Å². The minimum absolute atomic E-state index is 0. The predicted molar refractivity (Wildman–Crippen MR) is 71.6 cm³/mol. The maximum absolute atomic E-state index is 10.5. The molecule has 0 fully saturated rings. The molecule has 17 heavy (non-hydrogen) atoms. The second-order valence-corrected chi connectivity index (χ2v) is 5.83. The number of benzene rings is 1. The summed E-state index contributed by atoms with van der Waals surface area (Å²) in [6.07, 6.45) is 0. The summed E-state index contributed by atoms with van der Waals surface area (Å²) in [7, 11) is 0. The molecular weight excluding hydrogens is 207 g/mol. The first kappa shape index (κ1) is 14.6.